The van der Waals surface area contributed by atoms with Crippen LogP contribution in [0.5, 0.6) is 0 Å². The van der Waals surface area contributed by atoms with Gasteiger partial charge in [0.1, 0.15) is 0 Å². The minimum atomic E-state index is -0.321. The van der Waals surface area contributed by atoms with Crippen molar-refractivity contribution in [2.24, 2.45) is 0 Å². The van der Waals surface area contributed by atoms with Crippen LogP contribution in [0.2, 0.25) is 0 Å². The molecule has 0 amide bonds. The Morgan fingerprint density at radius 3 is 2.82 bits per heavy atom. The Morgan fingerprint density at radius 1 is 1.64 bits per heavy atom. The van der Waals surface area contributed by atoms with Gasteiger partial charge in [0.15, 0.2) is 0 Å². The van der Waals surface area contributed by atoms with Gasteiger partial charge in [-0.25, -0.2) is 0 Å². The summed E-state index contributed by atoms with van der Waals surface area (Å²) >= 11 is 0. The molecule has 2 N–H and O–H groups in total. The monoisotopic (exact) mass is 165 g/mol. The lowest BCUT2D eigenvalue weighted by Crippen LogP contribution is -2.37. The first-order valence-electron chi connectivity index (χ1n) is 3.74. The highest BCUT2D eigenvalue weighted by Crippen LogP contribution is 1.84. The van der Waals surface area contributed by atoms with E-state index in [1.807, 2.05) is 0 Å². The number of aliphatic hydroxyl groups excluding tert-OH is 1. The van der Waals surface area contributed by atoms with Crippen molar-refractivity contribution in [2.45, 2.75) is 12.5 Å². The average molecular weight is 165 g/mol. The number of hydrogen-bond acceptors (Lipinski definition) is 3. The Balaban J connectivity index is 3.20. The van der Waals surface area contributed by atoms with Crippen LogP contribution in [0.15, 0.2) is 0 Å². The molecule has 0 spiro atoms. The molecule has 0 aromatic carbocycles. The molecule has 1 unspecified atom stereocenters. The van der Waals surface area contributed by atoms with Crippen LogP contribution in [0.3, 0.4) is 0 Å². The van der Waals surface area contributed by atoms with Crippen molar-refractivity contribution in [1.29, 1.82) is 0 Å². The van der Waals surface area contributed by atoms with E-state index in [0.717, 1.165) is 0 Å². The Kier molecular flexibility index (Phi) is 7.78. The molecule has 0 radical (unpaired) electrons. The van der Waals surface area contributed by atoms with Gasteiger partial charge in [-0.3, -0.25) is 4.39 Å². The van der Waals surface area contributed by atoms with E-state index in [4.69, 9.17) is 9.84 Å². The van der Waals surface area contributed by atoms with Crippen LogP contribution in [0.1, 0.15) is 6.42 Å². The number of alkyl halides is 1. The highest BCUT2D eigenvalue weighted by molar-refractivity contribution is 4.63. The van der Waals surface area contributed by atoms with Gasteiger partial charge in [-0.1, -0.05) is 0 Å². The second-order valence-corrected chi connectivity index (χ2v) is 2.33. The van der Waals surface area contributed by atoms with Crippen molar-refractivity contribution in [3.63, 3.8) is 0 Å². The van der Waals surface area contributed by atoms with Gasteiger partial charge in [-0.05, 0) is 13.0 Å². The maximum absolute atomic E-state index is 11.6. The van der Waals surface area contributed by atoms with E-state index in [-0.39, 0.29) is 19.3 Å². The number of nitrogens with one attached hydrogen (secondary N) is 1. The fourth-order valence-electron chi connectivity index (χ4n) is 0.750. The van der Waals surface area contributed by atoms with Gasteiger partial charge in [0, 0.05) is 7.11 Å². The van der Waals surface area contributed by atoms with Crippen molar-refractivity contribution in [1.82, 2.24) is 5.32 Å². The number of rotatable bonds is 7. The third-order valence-corrected chi connectivity index (χ3v) is 1.33. The molecule has 0 rings (SSSR count). The molecular weight excluding hydrogens is 149 g/mol. The molecule has 68 valence electrons. The van der Waals surface area contributed by atoms with Crippen molar-refractivity contribution >= 4 is 0 Å². The zero-order valence-electron chi connectivity index (χ0n) is 6.85. The largest absolute Gasteiger partial charge is 0.395 e. The lowest BCUT2D eigenvalue weighted by atomic mass is 10.3. The zero-order chi connectivity index (χ0) is 8.53. The highest BCUT2D eigenvalue weighted by Gasteiger charge is 2.03. The SMILES string of the molecule is COCC(CO)NCCCF. The van der Waals surface area contributed by atoms with Gasteiger partial charge >= 0.3 is 0 Å². The van der Waals surface area contributed by atoms with Gasteiger partial charge in [0.05, 0.1) is 25.9 Å². The molecule has 0 bridgehead atoms. The predicted molar refractivity (Wildman–Crippen MR) is 41.3 cm³/mol. The van der Waals surface area contributed by atoms with E-state index in [9.17, 15) is 4.39 Å². The van der Waals surface area contributed by atoms with Crippen molar-refractivity contribution in [3.05, 3.63) is 0 Å². The topological polar surface area (TPSA) is 41.5 Å². The van der Waals surface area contributed by atoms with E-state index < -0.39 is 0 Å². The molecule has 0 saturated heterocycles. The lowest BCUT2D eigenvalue weighted by Gasteiger charge is -2.13. The Morgan fingerprint density at radius 2 is 2.36 bits per heavy atom. The van der Waals surface area contributed by atoms with E-state index in [2.05, 4.69) is 5.32 Å². The van der Waals surface area contributed by atoms with Crippen LogP contribution in [0.4, 0.5) is 4.39 Å². The fraction of sp³-hybridized carbons (Fsp3) is 1.00. The molecule has 0 saturated carbocycles. The summed E-state index contributed by atoms with van der Waals surface area (Å²) < 4.78 is 16.4. The van der Waals surface area contributed by atoms with Crippen molar-refractivity contribution < 1.29 is 14.2 Å². The maximum Gasteiger partial charge on any atom is 0.0906 e. The summed E-state index contributed by atoms with van der Waals surface area (Å²) in [4.78, 5) is 0. The second-order valence-electron chi connectivity index (χ2n) is 2.33. The first kappa shape index (κ1) is 10.8. The van der Waals surface area contributed by atoms with E-state index >= 15 is 0 Å². The van der Waals surface area contributed by atoms with Gasteiger partial charge < -0.3 is 15.2 Å². The van der Waals surface area contributed by atoms with Crippen LogP contribution in [0.25, 0.3) is 0 Å². The fourth-order valence-corrected chi connectivity index (χ4v) is 0.750. The number of aliphatic hydroxyl groups is 1. The standard InChI is InChI=1S/C7H16FNO2/c1-11-6-7(5-10)9-4-2-3-8/h7,9-10H,2-6H2,1H3. The normalized spacial score (nSPS) is 13.4. The Hall–Kier alpha value is -0.190. The van der Waals surface area contributed by atoms with Gasteiger partial charge in [0.2, 0.25) is 0 Å². The molecule has 11 heavy (non-hydrogen) atoms. The first-order valence-corrected chi connectivity index (χ1v) is 3.74. The molecule has 0 aliphatic heterocycles. The Labute approximate surface area is 66.6 Å². The number of ether oxygens (including phenoxy) is 1. The molecule has 4 heteroatoms. The van der Waals surface area contributed by atoms with Gasteiger partial charge in [-0.15, -0.1) is 0 Å². The van der Waals surface area contributed by atoms with E-state index in [1.165, 1.54) is 0 Å². The van der Waals surface area contributed by atoms with E-state index in [0.29, 0.717) is 19.6 Å². The third-order valence-electron chi connectivity index (χ3n) is 1.33. The van der Waals surface area contributed by atoms with Gasteiger partial charge in [0.25, 0.3) is 0 Å². The van der Waals surface area contributed by atoms with Crippen LogP contribution < -0.4 is 5.32 Å². The molecule has 0 aromatic heterocycles. The van der Waals surface area contributed by atoms with Crippen LogP contribution >= 0.6 is 0 Å². The van der Waals surface area contributed by atoms with Crippen LogP contribution in [-0.2, 0) is 4.74 Å². The maximum atomic E-state index is 11.6. The van der Waals surface area contributed by atoms with Gasteiger partial charge in [-0.2, -0.15) is 0 Å². The smallest absolute Gasteiger partial charge is 0.0906 e. The van der Waals surface area contributed by atoms with Crippen molar-refractivity contribution in [2.75, 3.05) is 33.5 Å². The molecule has 0 heterocycles. The summed E-state index contributed by atoms with van der Waals surface area (Å²) in [6.07, 6.45) is 0.486. The third kappa shape index (κ3) is 6.22. The highest BCUT2D eigenvalue weighted by atomic mass is 19.1. The number of methoxy groups -OCH3 is 1. The molecule has 0 fully saturated rings. The summed E-state index contributed by atoms with van der Waals surface area (Å²) in [5.41, 5.74) is 0. The molecule has 3 nitrogen and oxygen atoms in total. The minimum absolute atomic E-state index is 0.0279. The zero-order valence-corrected chi connectivity index (χ0v) is 6.85. The molecule has 0 aliphatic rings. The summed E-state index contributed by atoms with van der Waals surface area (Å²) in [5, 5.41) is 11.7. The first-order chi connectivity index (χ1) is 5.35. The van der Waals surface area contributed by atoms with Crippen LogP contribution in [0, 0.1) is 0 Å². The van der Waals surface area contributed by atoms with Crippen molar-refractivity contribution in [3.8, 4) is 0 Å². The quantitative estimate of drug-likeness (QED) is 0.519. The molecule has 0 aromatic rings. The van der Waals surface area contributed by atoms with E-state index in [1.54, 1.807) is 7.11 Å². The average Bonchev–Trinajstić information content (AvgIpc) is 2.03. The Bertz CT molecular complexity index is 82.8. The lowest BCUT2D eigenvalue weighted by molar-refractivity contribution is 0.128. The molecule has 0 aliphatic carbocycles. The summed E-state index contributed by atoms with van der Waals surface area (Å²) in [6.45, 7) is 0.756. The predicted octanol–water partition coefficient (Wildman–Crippen LogP) is -0.0571. The summed E-state index contributed by atoms with van der Waals surface area (Å²) in [6, 6.07) is -0.0634. The number of hydrogen-bond donors (Lipinski definition) is 2. The molecule has 1 atom stereocenters. The molecular formula is C7H16FNO2. The summed E-state index contributed by atoms with van der Waals surface area (Å²) in [5.74, 6) is 0. The minimum Gasteiger partial charge on any atom is -0.395 e. The number of halogens is 1. The van der Waals surface area contributed by atoms with Crippen LogP contribution in [-0.4, -0.2) is 44.7 Å². The summed E-state index contributed by atoms with van der Waals surface area (Å²) in [7, 11) is 1.57. The second kappa shape index (κ2) is 7.91.